The molecule has 0 amide bonds. The molecule has 4 nitrogen and oxygen atoms in total. The molecule has 0 radical (unpaired) electrons. The Balaban J connectivity index is 2.26. The SMILES string of the molecule is CC(C)Oc1ccc(-n2cncc2[C@H](C)N)cc1. The van der Waals surface area contributed by atoms with Gasteiger partial charge in [-0.15, -0.1) is 0 Å². The van der Waals surface area contributed by atoms with Gasteiger partial charge in [0.15, 0.2) is 0 Å². The van der Waals surface area contributed by atoms with Gasteiger partial charge in [0, 0.05) is 11.7 Å². The first-order valence-corrected chi connectivity index (χ1v) is 6.13. The van der Waals surface area contributed by atoms with Gasteiger partial charge in [-0.2, -0.15) is 0 Å². The molecule has 1 aromatic carbocycles. The van der Waals surface area contributed by atoms with Crippen LogP contribution in [-0.2, 0) is 0 Å². The summed E-state index contributed by atoms with van der Waals surface area (Å²) in [7, 11) is 0. The van der Waals surface area contributed by atoms with Crippen molar-refractivity contribution in [3.63, 3.8) is 0 Å². The minimum atomic E-state index is -0.0425. The van der Waals surface area contributed by atoms with Gasteiger partial charge in [-0.25, -0.2) is 4.98 Å². The van der Waals surface area contributed by atoms with Crippen molar-refractivity contribution in [3.05, 3.63) is 42.5 Å². The van der Waals surface area contributed by atoms with Crippen LogP contribution in [0.2, 0.25) is 0 Å². The van der Waals surface area contributed by atoms with E-state index in [2.05, 4.69) is 4.98 Å². The highest BCUT2D eigenvalue weighted by molar-refractivity contribution is 5.39. The monoisotopic (exact) mass is 245 g/mol. The molecule has 0 saturated carbocycles. The molecule has 18 heavy (non-hydrogen) atoms. The first-order valence-electron chi connectivity index (χ1n) is 6.13. The molecule has 96 valence electrons. The number of hydrogen-bond donors (Lipinski definition) is 1. The summed E-state index contributed by atoms with van der Waals surface area (Å²) >= 11 is 0. The maximum atomic E-state index is 5.91. The van der Waals surface area contributed by atoms with Gasteiger partial charge in [0.05, 0.1) is 24.3 Å². The van der Waals surface area contributed by atoms with E-state index in [0.717, 1.165) is 17.1 Å². The fourth-order valence-electron chi connectivity index (χ4n) is 1.82. The molecule has 0 bridgehead atoms. The molecule has 1 aromatic heterocycles. The van der Waals surface area contributed by atoms with Crippen LogP contribution in [0.15, 0.2) is 36.8 Å². The Labute approximate surface area is 107 Å². The molecule has 1 atom stereocenters. The number of nitrogens with zero attached hydrogens (tertiary/aromatic N) is 2. The lowest BCUT2D eigenvalue weighted by Gasteiger charge is -2.13. The largest absolute Gasteiger partial charge is 0.491 e. The van der Waals surface area contributed by atoms with E-state index in [1.165, 1.54) is 0 Å². The van der Waals surface area contributed by atoms with E-state index < -0.39 is 0 Å². The number of ether oxygens (including phenoxy) is 1. The third-order valence-corrected chi connectivity index (χ3v) is 2.62. The Bertz CT molecular complexity index is 500. The van der Waals surface area contributed by atoms with Crippen LogP contribution in [0.25, 0.3) is 5.69 Å². The fourth-order valence-corrected chi connectivity index (χ4v) is 1.82. The summed E-state index contributed by atoms with van der Waals surface area (Å²) in [5.41, 5.74) is 7.94. The molecule has 0 aliphatic rings. The number of hydrogen-bond acceptors (Lipinski definition) is 3. The highest BCUT2D eigenvalue weighted by Crippen LogP contribution is 2.19. The third-order valence-electron chi connectivity index (χ3n) is 2.62. The van der Waals surface area contributed by atoms with Crippen molar-refractivity contribution in [3.8, 4) is 11.4 Å². The average molecular weight is 245 g/mol. The number of imidazole rings is 1. The van der Waals surface area contributed by atoms with Crippen molar-refractivity contribution < 1.29 is 4.74 Å². The predicted octanol–water partition coefficient (Wildman–Crippen LogP) is 2.68. The molecular weight excluding hydrogens is 226 g/mol. The lowest BCUT2D eigenvalue weighted by atomic mass is 10.2. The van der Waals surface area contributed by atoms with E-state index in [1.54, 1.807) is 12.5 Å². The van der Waals surface area contributed by atoms with Crippen LogP contribution in [0.4, 0.5) is 0 Å². The standard InChI is InChI=1S/C14H19N3O/c1-10(2)18-13-6-4-12(5-7-13)17-9-16-8-14(17)11(3)15/h4-11H,15H2,1-3H3/t11-/m0/s1. The van der Waals surface area contributed by atoms with E-state index >= 15 is 0 Å². The molecule has 0 fully saturated rings. The van der Waals surface area contributed by atoms with Crippen molar-refractivity contribution in [2.24, 2.45) is 5.73 Å². The first-order chi connectivity index (χ1) is 8.58. The van der Waals surface area contributed by atoms with Gasteiger partial charge in [-0.05, 0) is 45.0 Å². The van der Waals surface area contributed by atoms with Crippen molar-refractivity contribution in [1.29, 1.82) is 0 Å². The highest BCUT2D eigenvalue weighted by Gasteiger charge is 2.08. The third kappa shape index (κ3) is 2.71. The van der Waals surface area contributed by atoms with Crippen molar-refractivity contribution >= 4 is 0 Å². The van der Waals surface area contributed by atoms with Crippen molar-refractivity contribution in [2.75, 3.05) is 0 Å². The second-order valence-electron chi connectivity index (χ2n) is 4.64. The summed E-state index contributed by atoms with van der Waals surface area (Å²) in [5.74, 6) is 0.871. The molecule has 2 aromatic rings. The van der Waals surface area contributed by atoms with E-state index in [0.29, 0.717) is 0 Å². The topological polar surface area (TPSA) is 53.1 Å². The quantitative estimate of drug-likeness (QED) is 0.901. The second-order valence-corrected chi connectivity index (χ2v) is 4.64. The normalized spacial score (nSPS) is 12.7. The summed E-state index contributed by atoms with van der Waals surface area (Å²) < 4.78 is 7.60. The van der Waals surface area contributed by atoms with Gasteiger partial charge < -0.3 is 15.0 Å². The summed E-state index contributed by atoms with van der Waals surface area (Å²) in [6.45, 7) is 5.97. The van der Waals surface area contributed by atoms with E-state index in [9.17, 15) is 0 Å². The lowest BCUT2D eigenvalue weighted by Crippen LogP contribution is -2.10. The first kappa shape index (κ1) is 12.6. The Morgan fingerprint density at radius 2 is 1.83 bits per heavy atom. The minimum absolute atomic E-state index is 0.0425. The summed E-state index contributed by atoms with van der Waals surface area (Å²) in [5, 5.41) is 0. The van der Waals surface area contributed by atoms with Crippen LogP contribution in [-0.4, -0.2) is 15.7 Å². The zero-order valence-corrected chi connectivity index (χ0v) is 11.0. The minimum Gasteiger partial charge on any atom is -0.491 e. The van der Waals surface area contributed by atoms with Crippen LogP contribution in [0.5, 0.6) is 5.75 Å². The summed E-state index contributed by atoms with van der Waals surface area (Å²) in [4.78, 5) is 4.14. The fraction of sp³-hybridized carbons (Fsp3) is 0.357. The molecule has 1 heterocycles. The van der Waals surface area contributed by atoms with Gasteiger partial charge >= 0.3 is 0 Å². The summed E-state index contributed by atoms with van der Waals surface area (Å²) in [6.07, 6.45) is 3.75. The second kappa shape index (κ2) is 5.23. The number of nitrogens with two attached hydrogens (primary N) is 1. The molecular formula is C14H19N3O. The zero-order chi connectivity index (χ0) is 13.1. The zero-order valence-electron chi connectivity index (χ0n) is 11.0. The van der Waals surface area contributed by atoms with Gasteiger partial charge in [0.25, 0.3) is 0 Å². The molecule has 4 heteroatoms. The van der Waals surface area contributed by atoms with Gasteiger partial charge in [-0.1, -0.05) is 0 Å². The van der Waals surface area contributed by atoms with Crippen LogP contribution < -0.4 is 10.5 Å². The van der Waals surface area contributed by atoms with Crippen LogP contribution in [0.1, 0.15) is 32.5 Å². The maximum Gasteiger partial charge on any atom is 0.119 e. The van der Waals surface area contributed by atoms with E-state index in [1.807, 2.05) is 49.6 Å². The Morgan fingerprint density at radius 1 is 1.17 bits per heavy atom. The molecule has 0 unspecified atom stereocenters. The van der Waals surface area contributed by atoms with E-state index in [4.69, 9.17) is 10.5 Å². The van der Waals surface area contributed by atoms with E-state index in [-0.39, 0.29) is 12.1 Å². The maximum absolute atomic E-state index is 5.91. The highest BCUT2D eigenvalue weighted by atomic mass is 16.5. The Hall–Kier alpha value is -1.81. The molecule has 0 aliphatic heterocycles. The predicted molar refractivity (Wildman–Crippen MR) is 71.9 cm³/mol. The Kier molecular flexibility index (Phi) is 3.67. The van der Waals surface area contributed by atoms with Gasteiger partial charge in [0.2, 0.25) is 0 Å². The molecule has 0 spiro atoms. The number of rotatable bonds is 4. The number of aromatic nitrogens is 2. The van der Waals surface area contributed by atoms with Crippen molar-refractivity contribution in [1.82, 2.24) is 9.55 Å². The average Bonchev–Trinajstić information content (AvgIpc) is 2.78. The molecule has 2 N–H and O–H groups in total. The van der Waals surface area contributed by atoms with Crippen LogP contribution >= 0.6 is 0 Å². The van der Waals surface area contributed by atoms with Crippen LogP contribution in [0.3, 0.4) is 0 Å². The summed E-state index contributed by atoms with van der Waals surface area (Å²) in [6, 6.07) is 7.89. The Morgan fingerprint density at radius 3 is 2.39 bits per heavy atom. The van der Waals surface area contributed by atoms with Crippen LogP contribution in [0, 0.1) is 0 Å². The van der Waals surface area contributed by atoms with Gasteiger partial charge in [0.1, 0.15) is 5.75 Å². The van der Waals surface area contributed by atoms with Gasteiger partial charge in [-0.3, -0.25) is 0 Å². The lowest BCUT2D eigenvalue weighted by molar-refractivity contribution is 0.242. The smallest absolute Gasteiger partial charge is 0.119 e. The molecule has 2 rings (SSSR count). The number of benzene rings is 1. The molecule has 0 aliphatic carbocycles. The molecule has 0 saturated heterocycles. The van der Waals surface area contributed by atoms with Crippen molar-refractivity contribution in [2.45, 2.75) is 32.9 Å².